The van der Waals surface area contributed by atoms with Crippen molar-refractivity contribution in [3.05, 3.63) is 66.5 Å². The van der Waals surface area contributed by atoms with Gasteiger partial charge in [-0.05, 0) is 36.4 Å². The molecule has 0 atom stereocenters. The first-order valence-corrected chi connectivity index (χ1v) is 7.85. The molecule has 2 N–H and O–H groups in total. The molecule has 0 saturated heterocycles. The molecule has 116 valence electrons. The highest BCUT2D eigenvalue weighted by Crippen LogP contribution is 2.22. The summed E-state index contributed by atoms with van der Waals surface area (Å²) < 4.78 is 6.98. The predicted molar refractivity (Wildman–Crippen MR) is 88.2 cm³/mol. The Kier molecular flexibility index (Phi) is 4.58. The molecule has 0 aliphatic rings. The van der Waals surface area contributed by atoms with E-state index in [4.69, 9.17) is 10.6 Å². The number of ether oxygens (including phenoxy) is 1. The zero-order valence-corrected chi connectivity index (χ0v) is 12.9. The van der Waals surface area contributed by atoms with Gasteiger partial charge in [0.15, 0.2) is 5.78 Å². The standard InChI is InChI=1S/C16H14N4O2S/c17-20-11-18-19-16(20)23-10-15(21)12-6-8-14(9-7-12)22-13-4-2-1-3-5-13/h1-9,11H,10,17H2. The summed E-state index contributed by atoms with van der Waals surface area (Å²) in [6.07, 6.45) is 1.39. The number of benzene rings is 2. The molecule has 0 aliphatic carbocycles. The van der Waals surface area contributed by atoms with Crippen LogP contribution in [0.1, 0.15) is 10.4 Å². The number of nitrogen functional groups attached to an aromatic ring is 1. The molecule has 3 rings (SSSR count). The zero-order chi connectivity index (χ0) is 16.1. The summed E-state index contributed by atoms with van der Waals surface area (Å²) in [5, 5.41) is 7.99. The fraction of sp³-hybridized carbons (Fsp3) is 0.0625. The molecule has 1 aromatic heterocycles. The van der Waals surface area contributed by atoms with Crippen molar-refractivity contribution in [1.82, 2.24) is 14.9 Å². The molecule has 0 aliphatic heterocycles. The maximum atomic E-state index is 12.2. The largest absolute Gasteiger partial charge is 0.457 e. The van der Waals surface area contributed by atoms with Gasteiger partial charge in [-0.3, -0.25) is 4.79 Å². The summed E-state index contributed by atoms with van der Waals surface area (Å²) in [5.41, 5.74) is 0.612. The first-order chi connectivity index (χ1) is 11.2. The maximum Gasteiger partial charge on any atom is 0.209 e. The van der Waals surface area contributed by atoms with Crippen LogP contribution < -0.4 is 10.6 Å². The monoisotopic (exact) mass is 326 g/mol. The minimum atomic E-state index is -0.00994. The topological polar surface area (TPSA) is 83.0 Å². The lowest BCUT2D eigenvalue weighted by atomic mass is 10.1. The van der Waals surface area contributed by atoms with Crippen LogP contribution in [-0.4, -0.2) is 26.4 Å². The molecule has 0 saturated carbocycles. The average molecular weight is 326 g/mol. The Balaban J connectivity index is 1.60. The molecule has 0 amide bonds. The molecule has 23 heavy (non-hydrogen) atoms. The molecule has 6 nitrogen and oxygen atoms in total. The van der Waals surface area contributed by atoms with Crippen LogP contribution in [0.15, 0.2) is 66.1 Å². The molecular formula is C16H14N4O2S. The predicted octanol–water partition coefficient (Wildman–Crippen LogP) is 2.76. The molecule has 7 heteroatoms. The van der Waals surface area contributed by atoms with Gasteiger partial charge in [0.2, 0.25) is 5.16 Å². The molecule has 0 spiro atoms. The number of hydrogen-bond donors (Lipinski definition) is 1. The number of rotatable bonds is 6. The van der Waals surface area contributed by atoms with Crippen molar-refractivity contribution in [1.29, 1.82) is 0 Å². The Hall–Kier alpha value is -2.80. The van der Waals surface area contributed by atoms with Gasteiger partial charge >= 0.3 is 0 Å². The van der Waals surface area contributed by atoms with Crippen LogP contribution in [0.5, 0.6) is 11.5 Å². The highest BCUT2D eigenvalue weighted by Gasteiger charge is 2.10. The minimum Gasteiger partial charge on any atom is -0.457 e. The molecule has 0 unspecified atom stereocenters. The van der Waals surface area contributed by atoms with Crippen molar-refractivity contribution in [3.63, 3.8) is 0 Å². The lowest BCUT2D eigenvalue weighted by molar-refractivity contribution is 0.102. The molecule has 3 aromatic rings. The normalized spacial score (nSPS) is 10.4. The number of Topliss-reactive ketones (excluding diaryl/α,β-unsaturated/α-hetero) is 1. The highest BCUT2D eigenvalue weighted by molar-refractivity contribution is 7.99. The van der Waals surface area contributed by atoms with Crippen LogP contribution in [0.2, 0.25) is 0 Å². The number of aromatic nitrogens is 3. The van der Waals surface area contributed by atoms with E-state index < -0.39 is 0 Å². The first-order valence-electron chi connectivity index (χ1n) is 6.86. The van der Waals surface area contributed by atoms with Crippen molar-refractivity contribution < 1.29 is 9.53 Å². The smallest absolute Gasteiger partial charge is 0.209 e. The van der Waals surface area contributed by atoms with E-state index in [1.165, 1.54) is 22.8 Å². The van der Waals surface area contributed by atoms with Crippen molar-refractivity contribution in [2.45, 2.75) is 5.16 Å². The Bertz CT molecular complexity index is 787. The van der Waals surface area contributed by atoms with E-state index in [0.29, 0.717) is 16.5 Å². The van der Waals surface area contributed by atoms with Crippen LogP contribution in [0.25, 0.3) is 0 Å². The first kappa shape index (κ1) is 15.1. The van der Waals surface area contributed by atoms with Crippen LogP contribution in [0.4, 0.5) is 0 Å². The van der Waals surface area contributed by atoms with Crippen molar-refractivity contribution in [2.75, 3.05) is 11.6 Å². The van der Waals surface area contributed by atoms with Crippen LogP contribution in [0.3, 0.4) is 0 Å². The van der Waals surface area contributed by atoms with Gasteiger partial charge in [-0.1, -0.05) is 30.0 Å². The zero-order valence-electron chi connectivity index (χ0n) is 12.1. The number of nitrogens with two attached hydrogens (primary N) is 1. The SMILES string of the molecule is Nn1cnnc1SCC(=O)c1ccc(Oc2ccccc2)cc1. The van der Waals surface area contributed by atoms with E-state index in [0.717, 1.165) is 5.75 Å². The molecule has 0 fully saturated rings. The Morgan fingerprint density at radius 1 is 1.09 bits per heavy atom. The second-order valence-corrected chi connectivity index (χ2v) is 5.61. The molecule has 0 radical (unpaired) electrons. The Morgan fingerprint density at radius 3 is 2.43 bits per heavy atom. The van der Waals surface area contributed by atoms with Crippen molar-refractivity contribution in [3.8, 4) is 11.5 Å². The third-order valence-corrected chi connectivity index (χ3v) is 3.98. The summed E-state index contributed by atoms with van der Waals surface area (Å²) in [7, 11) is 0. The van der Waals surface area contributed by atoms with E-state index >= 15 is 0 Å². The lowest BCUT2D eigenvalue weighted by Gasteiger charge is -2.06. The number of nitrogens with zero attached hydrogens (tertiary/aromatic N) is 3. The molecule has 2 aromatic carbocycles. The highest BCUT2D eigenvalue weighted by atomic mass is 32.2. The molecular weight excluding hydrogens is 312 g/mol. The summed E-state index contributed by atoms with van der Waals surface area (Å²) in [6.45, 7) is 0. The van der Waals surface area contributed by atoms with Gasteiger partial charge in [0.1, 0.15) is 17.8 Å². The van der Waals surface area contributed by atoms with Crippen molar-refractivity contribution in [2.24, 2.45) is 0 Å². The second kappa shape index (κ2) is 6.97. The fourth-order valence-corrected chi connectivity index (χ4v) is 2.61. The maximum absolute atomic E-state index is 12.2. The summed E-state index contributed by atoms with van der Waals surface area (Å²) >= 11 is 1.25. The van der Waals surface area contributed by atoms with E-state index in [-0.39, 0.29) is 11.5 Å². The van der Waals surface area contributed by atoms with Gasteiger partial charge in [0.05, 0.1) is 5.75 Å². The summed E-state index contributed by atoms with van der Waals surface area (Å²) in [5.74, 6) is 7.27. The number of carbonyl (C=O) groups excluding carboxylic acids is 1. The van der Waals surface area contributed by atoms with Crippen molar-refractivity contribution >= 4 is 17.5 Å². The third kappa shape index (κ3) is 3.89. The van der Waals surface area contributed by atoms with E-state index in [2.05, 4.69) is 10.2 Å². The van der Waals surface area contributed by atoms with E-state index in [1.54, 1.807) is 24.3 Å². The Morgan fingerprint density at radius 2 is 1.78 bits per heavy atom. The number of ketones is 1. The quantitative estimate of drug-likeness (QED) is 0.426. The van der Waals surface area contributed by atoms with Gasteiger partial charge in [-0.15, -0.1) is 10.2 Å². The van der Waals surface area contributed by atoms with Gasteiger partial charge in [-0.25, -0.2) is 4.68 Å². The number of hydrogen-bond acceptors (Lipinski definition) is 6. The second-order valence-electron chi connectivity index (χ2n) is 4.67. The average Bonchev–Trinajstić information content (AvgIpc) is 2.99. The van der Waals surface area contributed by atoms with Gasteiger partial charge in [0, 0.05) is 5.56 Å². The van der Waals surface area contributed by atoms with E-state index in [1.807, 2.05) is 30.3 Å². The number of carbonyl (C=O) groups is 1. The molecule has 1 heterocycles. The van der Waals surface area contributed by atoms with Gasteiger partial charge in [0.25, 0.3) is 0 Å². The fourth-order valence-electron chi connectivity index (χ4n) is 1.88. The van der Waals surface area contributed by atoms with Crippen LogP contribution >= 0.6 is 11.8 Å². The van der Waals surface area contributed by atoms with E-state index in [9.17, 15) is 4.79 Å². The minimum absolute atomic E-state index is 0.00994. The lowest BCUT2D eigenvalue weighted by Crippen LogP contribution is -2.09. The van der Waals surface area contributed by atoms with Crippen LogP contribution in [-0.2, 0) is 0 Å². The molecule has 0 bridgehead atoms. The number of thioether (sulfide) groups is 1. The third-order valence-electron chi connectivity index (χ3n) is 3.03. The number of para-hydroxylation sites is 1. The summed E-state index contributed by atoms with van der Waals surface area (Å²) in [4.78, 5) is 12.2. The van der Waals surface area contributed by atoms with Crippen LogP contribution in [0, 0.1) is 0 Å². The van der Waals surface area contributed by atoms with Gasteiger partial charge in [-0.2, -0.15) is 0 Å². The summed E-state index contributed by atoms with van der Waals surface area (Å²) in [6, 6.07) is 16.5. The van der Waals surface area contributed by atoms with Gasteiger partial charge < -0.3 is 10.6 Å². The Labute approximate surface area is 137 Å².